The third-order valence-corrected chi connectivity index (χ3v) is 0.500. The van der Waals surface area contributed by atoms with Crippen LogP contribution in [0.25, 0.3) is 0 Å². The Labute approximate surface area is 112 Å². The molecule has 0 N–H and O–H groups in total. The molecule has 56 valence electrons. The average Bonchev–Trinajstić information content (AvgIpc) is 1.36. The number of rotatable bonds is 0. The normalized spacial score (nSPS) is 4.40. The average molecular weight is 284 g/mol. The van der Waals surface area contributed by atoms with E-state index in [2.05, 4.69) is 27.7 Å². The predicted molar refractivity (Wildman–Crippen MR) is 28.5 cm³/mol. The van der Waals surface area contributed by atoms with E-state index in [4.69, 9.17) is 0 Å². The van der Waals surface area contributed by atoms with Crippen LogP contribution in [-0.2, 0) is 74.2 Å². The minimum absolute atomic E-state index is 0. The fourth-order valence-electron chi connectivity index (χ4n) is 0. The molecule has 0 aromatic carbocycles. The molecule has 0 nitrogen and oxygen atoms in total. The van der Waals surface area contributed by atoms with Gasteiger partial charge in [-0.3, -0.25) is 0 Å². The van der Waals surface area contributed by atoms with Gasteiger partial charge in [0.1, 0.15) is 0 Å². The van der Waals surface area contributed by atoms with Crippen molar-refractivity contribution in [1.82, 2.24) is 0 Å². The van der Waals surface area contributed by atoms with Crippen molar-refractivity contribution in [3.05, 3.63) is 38.8 Å². The zero-order chi connectivity index (χ0) is 5.15. The van der Waals surface area contributed by atoms with Gasteiger partial charge in [0.2, 0.25) is 0 Å². The molecule has 0 saturated carbocycles. The van der Waals surface area contributed by atoms with Crippen LogP contribution in [0.15, 0.2) is 11.1 Å². The molecule has 0 aliphatic rings. The quantitative estimate of drug-likeness (QED) is 0.593. The Balaban J connectivity index is -0.0000000208. The van der Waals surface area contributed by atoms with E-state index in [9.17, 15) is 0 Å². The van der Waals surface area contributed by atoms with Crippen molar-refractivity contribution in [3.63, 3.8) is 0 Å². The van der Waals surface area contributed by atoms with Crippen LogP contribution in [-0.4, -0.2) is 0 Å². The van der Waals surface area contributed by atoms with Gasteiger partial charge in [0.15, 0.2) is 0 Å². The van der Waals surface area contributed by atoms with Crippen LogP contribution < -0.4 is 0 Å². The van der Waals surface area contributed by atoms with Crippen LogP contribution in [0.1, 0.15) is 0 Å². The zero-order valence-corrected chi connectivity index (χ0v) is 11.2. The Morgan fingerprint density at radius 3 is 0.600 bits per heavy atom. The van der Waals surface area contributed by atoms with Gasteiger partial charge in [-0.05, 0) is 0 Å². The third-order valence-electron chi connectivity index (χ3n) is 0.500. The maximum Gasteiger partial charge on any atom is 0 e. The number of hydrogen-bond acceptors (Lipinski definition) is 0. The Morgan fingerprint density at radius 2 is 0.600 bits per heavy atom. The summed E-state index contributed by atoms with van der Waals surface area (Å²) >= 11 is 0. The topological polar surface area (TPSA) is 0 Å². The molecule has 0 fully saturated rings. The van der Waals surface area contributed by atoms with Crippen LogP contribution in [0.2, 0.25) is 0 Å². The van der Waals surface area contributed by atoms with E-state index < -0.39 is 0 Å². The maximum absolute atomic E-state index is 3.48. The summed E-state index contributed by atoms with van der Waals surface area (Å²) in [5, 5.41) is 0. The molecule has 4 radical (unpaired) electrons. The van der Waals surface area contributed by atoms with Crippen molar-refractivity contribution < 1.29 is 74.2 Å². The number of hydrogen-bond donors (Lipinski definition) is 0. The summed E-state index contributed by atoms with van der Waals surface area (Å²) in [7, 11) is 0. The van der Waals surface area contributed by atoms with Gasteiger partial charge in [-0.15, -0.1) is 0 Å². The molecule has 0 saturated heterocycles. The van der Waals surface area contributed by atoms with Crippen molar-refractivity contribution in [2.24, 2.45) is 0 Å². The third kappa shape index (κ3) is 22.7. The Bertz CT molecular complexity index is 59.8. The molecule has 0 spiro atoms. The molecule has 0 aromatic heterocycles. The SMILES string of the molecule is [CH2-]C([CH2-])=C([CH2-])[CH2-].[V].[V].[V].[V]. The second-order valence-corrected chi connectivity index (χ2v) is 1.21. The summed E-state index contributed by atoms with van der Waals surface area (Å²) in [4.78, 5) is 0. The first kappa shape index (κ1) is 30.0. The summed E-state index contributed by atoms with van der Waals surface area (Å²) < 4.78 is 0. The first-order chi connectivity index (χ1) is 2.64. The van der Waals surface area contributed by atoms with Crippen LogP contribution in [0, 0.1) is 27.7 Å². The minimum atomic E-state index is 0. The molecule has 0 aromatic rings. The first-order valence-corrected chi connectivity index (χ1v) is 1.66. The molecule has 0 rings (SSSR count). The first-order valence-electron chi connectivity index (χ1n) is 1.66. The number of allylic oxidation sites excluding steroid dienone is 2. The monoisotopic (exact) mass is 284 g/mol. The molecule has 0 aliphatic carbocycles. The van der Waals surface area contributed by atoms with Crippen LogP contribution in [0.5, 0.6) is 0 Å². The van der Waals surface area contributed by atoms with Gasteiger partial charge in [0.25, 0.3) is 0 Å². The summed E-state index contributed by atoms with van der Waals surface area (Å²) in [6.45, 7) is 13.9. The zero-order valence-electron chi connectivity index (χ0n) is 5.62. The van der Waals surface area contributed by atoms with E-state index >= 15 is 0 Å². The molecule has 0 heterocycles. The van der Waals surface area contributed by atoms with Crippen molar-refractivity contribution in [1.29, 1.82) is 0 Å². The van der Waals surface area contributed by atoms with Crippen molar-refractivity contribution in [2.45, 2.75) is 0 Å². The van der Waals surface area contributed by atoms with E-state index in [1.807, 2.05) is 0 Å². The molecule has 0 bridgehead atoms. The van der Waals surface area contributed by atoms with E-state index in [1.165, 1.54) is 0 Å². The van der Waals surface area contributed by atoms with Crippen molar-refractivity contribution in [3.8, 4) is 0 Å². The Hall–Kier alpha value is 1.56. The molecule has 0 aliphatic heterocycles. The summed E-state index contributed by atoms with van der Waals surface area (Å²) in [5.41, 5.74) is 1.41. The summed E-state index contributed by atoms with van der Waals surface area (Å²) in [5.74, 6) is 0. The van der Waals surface area contributed by atoms with Gasteiger partial charge in [0.05, 0.1) is 0 Å². The smallest absolute Gasteiger partial charge is 0 e. The maximum atomic E-state index is 3.48. The molecule has 4 heteroatoms. The summed E-state index contributed by atoms with van der Waals surface area (Å²) in [6, 6.07) is 0. The molecular weight excluding hydrogens is 276 g/mol. The largest absolute Gasteiger partial charge is 0.592 e. The second kappa shape index (κ2) is 16.9. The Kier molecular flexibility index (Phi) is 50.6. The fourth-order valence-corrected chi connectivity index (χ4v) is 0. The van der Waals surface area contributed by atoms with Crippen LogP contribution in [0.3, 0.4) is 0 Å². The molecular formula is C6H8V4-4. The fraction of sp³-hybridized carbons (Fsp3) is 0. The molecule has 0 atom stereocenters. The van der Waals surface area contributed by atoms with Crippen LogP contribution in [0.4, 0.5) is 0 Å². The van der Waals surface area contributed by atoms with Gasteiger partial charge < -0.3 is 38.8 Å². The van der Waals surface area contributed by atoms with Crippen molar-refractivity contribution in [2.75, 3.05) is 0 Å². The predicted octanol–water partition coefficient (Wildman–Crippen LogP) is 1.61. The Morgan fingerprint density at radius 1 is 0.500 bits per heavy atom. The molecule has 0 unspecified atom stereocenters. The van der Waals surface area contributed by atoms with E-state index in [0.29, 0.717) is 11.1 Å². The second-order valence-electron chi connectivity index (χ2n) is 1.21. The van der Waals surface area contributed by atoms with Gasteiger partial charge in [0, 0.05) is 74.2 Å². The summed E-state index contributed by atoms with van der Waals surface area (Å²) in [6.07, 6.45) is 0. The van der Waals surface area contributed by atoms with E-state index in [1.54, 1.807) is 0 Å². The van der Waals surface area contributed by atoms with Crippen molar-refractivity contribution >= 4 is 0 Å². The van der Waals surface area contributed by atoms with Gasteiger partial charge in [-0.1, -0.05) is 0 Å². The standard InChI is InChI=1S/C6H8.4V/c1-5(2)6(3)4;;;;/h1-4H2;;;;/q-4;;;;. The van der Waals surface area contributed by atoms with E-state index in [-0.39, 0.29) is 74.2 Å². The van der Waals surface area contributed by atoms with Gasteiger partial charge in [-0.2, -0.15) is 0 Å². The molecule has 10 heavy (non-hydrogen) atoms. The minimum Gasteiger partial charge on any atom is -0.592 e. The molecule has 0 amide bonds. The van der Waals surface area contributed by atoms with E-state index in [0.717, 1.165) is 0 Å². The van der Waals surface area contributed by atoms with Gasteiger partial charge >= 0.3 is 0 Å². The van der Waals surface area contributed by atoms with Gasteiger partial charge in [-0.25, -0.2) is 0 Å². The van der Waals surface area contributed by atoms with Crippen LogP contribution >= 0.6 is 0 Å².